The molecule has 3 atom stereocenters. The molecule has 0 radical (unpaired) electrons. The van der Waals surface area contributed by atoms with Crippen LogP contribution in [0.15, 0.2) is 30.3 Å². The first kappa shape index (κ1) is 29.6. The van der Waals surface area contributed by atoms with Gasteiger partial charge in [-0.2, -0.15) is 0 Å². The number of carbonyl (C=O) groups excluding carboxylic acids is 4. The van der Waals surface area contributed by atoms with Gasteiger partial charge in [-0.25, -0.2) is 4.79 Å². The van der Waals surface area contributed by atoms with Crippen LogP contribution < -0.4 is 10.6 Å². The Morgan fingerprint density at radius 1 is 1.03 bits per heavy atom. The summed E-state index contributed by atoms with van der Waals surface area (Å²) in [5.74, 6) is -1.35. The number of hydrogen-bond donors (Lipinski definition) is 2. The number of benzene rings is 1. The highest BCUT2D eigenvalue weighted by molar-refractivity contribution is 6.09. The summed E-state index contributed by atoms with van der Waals surface area (Å²) in [5.41, 5.74) is 0.833. The van der Waals surface area contributed by atoms with Gasteiger partial charge in [0.1, 0.15) is 6.61 Å². The van der Waals surface area contributed by atoms with Gasteiger partial charge in [0.2, 0.25) is 5.91 Å². The maximum absolute atomic E-state index is 13.2. The average molecular weight is 496 g/mol. The largest absolute Gasteiger partial charge is 0.445 e. The molecule has 1 heterocycles. The number of amides is 2. The standard InChI is InChI=1S/C25H37N3O5.ClH/c1-16(2)11-20(27-25(32)33-15-18-9-7-6-8-10-18)23(30)19-13-28(14-22(19)29)24(31)21(26-5)12-17(3)4;/h6-10,16-17,19-21,26H,11-15H2,1-5H3,(H,27,32);1H/t19?,20-,21-;/m0./s1. The molecule has 1 saturated heterocycles. The number of ketones is 2. The molecule has 0 aliphatic carbocycles. The molecule has 9 heteroatoms. The van der Waals surface area contributed by atoms with E-state index in [9.17, 15) is 19.2 Å². The first-order valence-electron chi connectivity index (χ1n) is 11.6. The lowest BCUT2D eigenvalue weighted by atomic mass is 9.91. The zero-order valence-corrected chi connectivity index (χ0v) is 21.5. The van der Waals surface area contributed by atoms with E-state index in [1.165, 1.54) is 4.90 Å². The highest BCUT2D eigenvalue weighted by Gasteiger charge is 2.42. The minimum Gasteiger partial charge on any atom is -0.445 e. The molecule has 0 spiro atoms. The van der Waals surface area contributed by atoms with Gasteiger partial charge < -0.3 is 20.3 Å². The Labute approximate surface area is 208 Å². The zero-order valence-electron chi connectivity index (χ0n) is 20.7. The van der Waals surface area contributed by atoms with Crippen LogP contribution in [0, 0.1) is 17.8 Å². The number of carbonyl (C=O) groups is 4. The van der Waals surface area contributed by atoms with E-state index in [2.05, 4.69) is 10.6 Å². The summed E-state index contributed by atoms with van der Waals surface area (Å²) in [7, 11) is 1.72. The molecule has 1 unspecified atom stereocenters. The van der Waals surface area contributed by atoms with E-state index >= 15 is 0 Å². The van der Waals surface area contributed by atoms with Crippen LogP contribution in [0.2, 0.25) is 0 Å². The van der Waals surface area contributed by atoms with Gasteiger partial charge in [-0.05, 0) is 37.3 Å². The van der Waals surface area contributed by atoms with E-state index in [-0.39, 0.29) is 55.5 Å². The van der Waals surface area contributed by atoms with Crippen LogP contribution >= 0.6 is 12.4 Å². The average Bonchev–Trinajstić information content (AvgIpc) is 3.16. The molecule has 1 aliphatic heterocycles. The number of ether oxygens (including phenoxy) is 1. The molecule has 1 aromatic carbocycles. The second-order valence-electron chi connectivity index (χ2n) is 9.50. The molecule has 190 valence electrons. The lowest BCUT2D eigenvalue weighted by molar-refractivity contribution is -0.134. The summed E-state index contributed by atoms with van der Waals surface area (Å²) < 4.78 is 5.26. The molecule has 1 fully saturated rings. The van der Waals surface area contributed by atoms with Crippen LogP contribution in [-0.4, -0.2) is 60.7 Å². The molecule has 34 heavy (non-hydrogen) atoms. The lowest BCUT2D eigenvalue weighted by Gasteiger charge is -2.24. The number of rotatable bonds is 11. The fourth-order valence-electron chi connectivity index (χ4n) is 4.00. The summed E-state index contributed by atoms with van der Waals surface area (Å²) >= 11 is 0. The van der Waals surface area contributed by atoms with Crippen LogP contribution in [0.5, 0.6) is 0 Å². The monoisotopic (exact) mass is 495 g/mol. The Kier molecular flexibility index (Phi) is 12.2. The first-order chi connectivity index (χ1) is 15.6. The molecular weight excluding hydrogens is 458 g/mol. The number of nitrogens with zero attached hydrogens (tertiary/aromatic N) is 1. The quantitative estimate of drug-likeness (QED) is 0.457. The van der Waals surface area contributed by atoms with Gasteiger partial charge in [0.05, 0.1) is 24.5 Å². The summed E-state index contributed by atoms with van der Waals surface area (Å²) in [6.45, 7) is 7.97. The van der Waals surface area contributed by atoms with E-state index in [1.54, 1.807) is 7.05 Å². The van der Waals surface area contributed by atoms with Gasteiger partial charge in [-0.3, -0.25) is 14.4 Å². The van der Waals surface area contributed by atoms with Crippen LogP contribution in [0.25, 0.3) is 0 Å². The van der Waals surface area contributed by atoms with Gasteiger partial charge in [0.15, 0.2) is 11.6 Å². The Balaban J connectivity index is 0.00000578. The predicted molar refractivity (Wildman–Crippen MR) is 133 cm³/mol. The third-order valence-corrected chi connectivity index (χ3v) is 5.70. The van der Waals surface area contributed by atoms with Crippen molar-refractivity contribution < 1.29 is 23.9 Å². The SMILES string of the molecule is CN[C@@H](CC(C)C)C(=O)N1CC(=O)C(C(=O)[C@H](CC(C)C)NC(=O)OCc2ccccc2)C1.Cl. The van der Waals surface area contributed by atoms with Crippen LogP contribution in [-0.2, 0) is 25.7 Å². The highest BCUT2D eigenvalue weighted by Crippen LogP contribution is 2.20. The number of Topliss-reactive ketones (excluding diaryl/α,β-unsaturated/α-hetero) is 2. The van der Waals surface area contributed by atoms with Crippen LogP contribution in [0.1, 0.15) is 46.1 Å². The molecule has 1 aliphatic rings. The summed E-state index contributed by atoms with van der Waals surface area (Å²) in [6.07, 6.45) is 0.316. The number of likely N-dealkylation sites (tertiary alicyclic amines) is 1. The van der Waals surface area contributed by atoms with Crippen molar-refractivity contribution in [2.45, 2.75) is 59.2 Å². The third-order valence-electron chi connectivity index (χ3n) is 5.70. The van der Waals surface area contributed by atoms with E-state index in [0.29, 0.717) is 18.8 Å². The summed E-state index contributed by atoms with van der Waals surface area (Å²) in [6, 6.07) is 7.99. The minimum atomic E-state index is -0.941. The van der Waals surface area contributed by atoms with Gasteiger partial charge in [0, 0.05) is 6.54 Å². The second kappa shape index (κ2) is 14.1. The maximum atomic E-state index is 13.2. The number of alkyl carbamates (subject to hydrolysis) is 1. The van der Waals surface area contributed by atoms with Crippen molar-refractivity contribution in [3.05, 3.63) is 35.9 Å². The predicted octanol–water partition coefficient (Wildman–Crippen LogP) is 2.98. The van der Waals surface area contributed by atoms with E-state index < -0.39 is 24.1 Å². The molecule has 1 aromatic rings. The van der Waals surface area contributed by atoms with Crippen LogP contribution in [0.3, 0.4) is 0 Å². The molecule has 2 N–H and O–H groups in total. The van der Waals surface area contributed by atoms with Gasteiger partial charge >= 0.3 is 6.09 Å². The fourth-order valence-corrected chi connectivity index (χ4v) is 4.00. The Morgan fingerprint density at radius 2 is 1.62 bits per heavy atom. The van der Waals surface area contributed by atoms with E-state index in [1.807, 2.05) is 58.0 Å². The molecule has 2 rings (SSSR count). The number of halogens is 1. The third kappa shape index (κ3) is 8.72. The molecule has 0 bridgehead atoms. The van der Waals surface area contributed by atoms with Gasteiger partial charge in [-0.1, -0.05) is 58.0 Å². The topological polar surface area (TPSA) is 105 Å². The van der Waals surface area contributed by atoms with Crippen molar-refractivity contribution in [3.63, 3.8) is 0 Å². The molecule has 2 amide bonds. The van der Waals surface area contributed by atoms with Crippen molar-refractivity contribution in [1.82, 2.24) is 15.5 Å². The Morgan fingerprint density at radius 3 is 2.18 bits per heavy atom. The van der Waals surface area contributed by atoms with Gasteiger partial charge in [0.25, 0.3) is 0 Å². The number of likely N-dealkylation sites (N-methyl/N-ethyl adjacent to an activating group) is 1. The van der Waals surface area contributed by atoms with E-state index in [0.717, 1.165) is 5.56 Å². The Bertz CT molecular complexity index is 831. The van der Waals surface area contributed by atoms with Gasteiger partial charge in [-0.15, -0.1) is 12.4 Å². The number of nitrogens with one attached hydrogen (secondary N) is 2. The first-order valence-corrected chi connectivity index (χ1v) is 11.6. The van der Waals surface area contributed by atoms with E-state index in [4.69, 9.17) is 4.74 Å². The smallest absolute Gasteiger partial charge is 0.408 e. The van der Waals surface area contributed by atoms with Crippen molar-refractivity contribution in [1.29, 1.82) is 0 Å². The molecular formula is C25H38ClN3O5. The molecule has 0 aromatic heterocycles. The normalized spacial score (nSPS) is 17.3. The molecule has 0 saturated carbocycles. The minimum absolute atomic E-state index is 0. The summed E-state index contributed by atoms with van der Waals surface area (Å²) in [4.78, 5) is 52.6. The summed E-state index contributed by atoms with van der Waals surface area (Å²) in [5, 5.41) is 5.65. The van der Waals surface area contributed by atoms with Crippen molar-refractivity contribution in [3.8, 4) is 0 Å². The highest BCUT2D eigenvalue weighted by atomic mass is 35.5. The van der Waals surface area contributed by atoms with Crippen molar-refractivity contribution in [2.75, 3.05) is 20.1 Å². The molecule has 8 nitrogen and oxygen atoms in total. The fraction of sp³-hybridized carbons (Fsp3) is 0.600. The second-order valence-corrected chi connectivity index (χ2v) is 9.50. The zero-order chi connectivity index (χ0) is 24.5. The number of hydrogen-bond acceptors (Lipinski definition) is 6. The maximum Gasteiger partial charge on any atom is 0.408 e. The van der Waals surface area contributed by atoms with Crippen molar-refractivity contribution >= 4 is 36.0 Å². The Hall–Kier alpha value is -2.45. The van der Waals surface area contributed by atoms with Crippen LogP contribution in [0.4, 0.5) is 4.79 Å². The van der Waals surface area contributed by atoms with Crippen molar-refractivity contribution in [2.24, 2.45) is 17.8 Å². The lowest BCUT2D eigenvalue weighted by Crippen LogP contribution is -2.47.